The Morgan fingerprint density at radius 2 is 2.17 bits per heavy atom. The second kappa shape index (κ2) is 5.20. The number of ether oxygens (including phenoxy) is 2. The summed E-state index contributed by atoms with van der Waals surface area (Å²) in [5.74, 6) is 0.654. The van der Waals surface area contributed by atoms with Gasteiger partial charge in [-0.05, 0) is 49.2 Å². The van der Waals surface area contributed by atoms with Crippen molar-refractivity contribution in [3.05, 3.63) is 35.5 Å². The van der Waals surface area contributed by atoms with Crippen molar-refractivity contribution in [2.24, 2.45) is 0 Å². The highest BCUT2D eigenvalue weighted by atomic mass is 16.5. The molecule has 5 heteroatoms. The minimum Gasteiger partial charge on any atom is -0.497 e. The molecule has 1 saturated heterocycles. The second-order valence-electron chi connectivity index (χ2n) is 6.44. The van der Waals surface area contributed by atoms with Crippen LogP contribution in [-0.2, 0) is 21.5 Å². The maximum Gasteiger partial charge on any atom is 0.319 e. The van der Waals surface area contributed by atoms with Gasteiger partial charge in [-0.3, -0.25) is 14.7 Å². The van der Waals surface area contributed by atoms with Crippen LogP contribution in [-0.4, -0.2) is 43.2 Å². The Bertz CT molecular complexity index is 789. The number of pyridine rings is 1. The SMILES string of the molecule is COC(=O)C12CCCN(Cc3cc4cc(OC)ccc4nc31)C2. The van der Waals surface area contributed by atoms with Gasteiger partial charge in [0.2, 0.25) is 0 Å². The molecular weight excluding hydrogens is 292 g/mol. The third-order valence-corrected chi connectivity index (χ3v) is 5.10. The first-order valence-electron chi connectivity index (χ1n) is 7.95. The summed E-state index contributed by atoms with van der Waals surface area (Å²) in [5, 5.41) is 1.05. The molecule has 0 saturated carbocycles. The number of fused-ring (bicyclic) bond motifs is 5. The van der Waals surface area contributed by atoms with Gasteiger partial charge >= 0.3 is 5.97 Å². The van der Waals surface area contributed by atoms with Crippen LogP contribution in [0.2, 0.25) is 0 Å². The highest BCUT2D eigenvalue weighted by Crippen LogP contribution is 2.41. The van der Waals surface area contributed by atoms with Crippen molar-refractivity contribution in [3.63, 3.8) is 0 Å². The van der Waals surface area contributed by atoms with Crippen LogP contribution in [0.5, 0.6) is 5.75 Å². The van der Waals surface area contributed by atoms with Gasteiger partial charge in [-0.2, -0.15) is 0 Å². The van der Waals surface area contributed by atoms with E-state index in [2.05, 4.69) is 11.0 Å². The van der Waals surface area contributed by atoms with Gasteiger partial charge in [0.05, 0.1) is 25.4 Å². The summed E-state index contributed by atoms with van der Waals surface area (Å²) in [6.07, 6.45) is 1.80. The Kier molecular flexibility index (Phi) is 3.27. The fraction of sp³-hybridized carbons (Fsp3) is 0.444. The molecule has 0 spiro atoms. The van der Waals surface area contributed by atoms with Crippen LogP contribution in [0.25, 0.3) is 10.9 Å². The van der Waals surface area contributed by atoms with E-state index in [1.807, 2.05) is 18.2 Å². The summed E-state index contributed by atoms with van der Waals surface area (Å²) < 4.78 is 10.5. The number of benzene rings is 1. The van der Waals surface area contributed by atoms with Crippen LogP contribution in [0.3, 0.4) is 0 Å². The highest BCUT2D eigenvalue weighted by Gasteiger charge is 2.50. The lowest BCUT2D eigenvalue weighted by Gasteiger charge is -2.45. The first kappa shape index (κ1) is 14.5. The molecule has 1 aromatic heterocycles. The predicted molar refractivity (Wildman–Crippen MR) is 86.5 cm³/mol. The molecule has 4 rings (SSSR count). The van der Waals surface area contributed by atoms with Gasteiger partial charge in [0.1, 0.15) is 11.2 Å². The molecule has 1 fully saturated rings. The van der Waals surface area contributed by atoms with E-state index in [0.29, 0.717) is 6.54 Å². The van der Waals surface area contributed by atoms with E-state index in [1.165, 1.54) is 7.11 Å². The number of hydrogen-bond donors (Lipinski definition) is 0. The maximum absolute atomic E-state index is 12.6. The van der Waals surface area contributed by atoms with Gasteiger partial charge in [-0.25, -0.2) is 0 Å². The maximum atomic E-state index is 12.6. The number of rotatable bonds is 2. The van der Waals surface area contributed by atoms with Gasteiger partial charge < -0.3 is 9.47 Å². The number of aromatic nitrogens is 1. The lowest BCUT2D eigenvalue weighted by atomic mass is 9.72. The van der Waals surface area contributed by atoms with E-state index in [0.717, 1.165) is 53.8 Å². The van der Waals surface area contributed by atoms with Crippen molar-refractivity contribution in [1.29, 1.82) is 0 Å². The average Bonchev–Trinajstić information content (AvgIpc) is 2.59. The van der Waals surface area contributed by atoms with Crippen LogP contribution in [0.15, 0.2) is 24.3 Å². The molecule has 0 N–H and O–H groups in total. The normalized spacial score (nSPS) is 25.7. The van der Waals surface area contributed by atoms with Gasteiger partial charge in [0.15, 0.2) is 0 Å². The number of carbonyl (C=O) groups excluding carboxylic acids is 1. The Morgan fingerprint density at radius 1 is 1.30 bits per heavy atom. The average molecular weight is 312 g/mol. The van der Waals surface area contributed by atoms with E-state index < -0.39 is 5.41 Å². The van der Waals surface area contributed by atoms with Crippen LogP contribution in [0.4, 0.5) is 0 Å². The monoisotopic (exact) mass is 312 g/mol. The summed E-state index contributed by atoms with van der Waals surface area (Å²) in [4.78, 5) is 19.8. The zero-order valence-corrected chi connectivity index (χ0v) is 13.5. The number of methoxy groups -OCH3 is 2. The first-order chi connectivity index (χ1) is 11.2. The Hall–Kier alpha value is -2.14. The fourth-order valence-electron chi connectivity index (χ4n) is 4.03. The molecule has 2 unspecified atom stereocenters. The zero-order chi connectivity index (χ0) is 16.0. The van der Waals surface area contributed by atoms with Gasteiger partial charge in [-0.1, -0.05) is 0 Å². The molecular formula is C18H20N2O3. The minimum atomic E-state index is -0.616. The van der Waals surface area contributed by atoms with Crippen LogP contribution in [0, 0.1) is 0 Å². The summed E-state index contributed by atoms with van der Waals surface area (Å²) in [6.45, 7) is 2.57. The molecule has 2 aliphatic heterocycles. The lowest BCUT2D eigenvalue weighted by Crippen LogP contribution is -2.55. The Morgan fingerprint density at radius 3 is 2.96 bits per heavy atom. The van der Waals surface area contributed by atoms with E-state index in [4.69, 9.17) is 14.5 Å². The smallest absolute Gasteiger partial charge is 0.319 e. The Balaban J connectivity index is 1.93. The molecule has 0 amide bonds. The Labute approximate surface area is 135 Å². The molecule has 2 bridgehead atoms. The van der Waals surface area contributed by atoms with Gasteiger partial charge in [-0.15, -0.1) is 0 Å². The third-order valence-electron chi connectivity index (χ3n) is 5.10. The largest absolute Gasteiger partial charge is 0.497 e. The van der Waals surface area contributed by atoms with Crippen molar-refractivity contribution >= 4 is 16.9 Å². The van der Waals surface area contributed by atoms with Crippen molar-refractivity contribution in [2.75, 3.05) is 27.3 Å². The molecule has 3 heterocycles. The number of esters is 1. The van der Waals surface area contributed by atoms with Gasteiger partial charge in [0, 0.05) is 18.5 Å². The number of piperidine rings is 1. The van der Waals surface area contributed by atoms with Crippen molar-refractivity contribution in [2.45, 2.75) is 24.8 Å². The molecule has 1 aromatic carbocycles. The molecule has 2 aliphatic rings. The quantitative estimate of drug-likeness (QED) is 0.796. The van der Waals surface area contributed by atoms with Crippen LogP contribution >= 0.6 is 0 Å². The molecule has 2 atom stereocenters. The highest BCUT2D eigenvalue weighted by molar-refractivity contribution is 5.87. The molecule has 2 aromatic rings. The summed E-state index contributed by atoms with van der Waals surface area (Å²) >= 11 is 0. The predicted octanol–water partition coefficient (Wildman–Crippen LogP) is 2.26. The molecule has 0 radical (unpaired) electrons. The first-order valence-corrected chi connectivity index (χ1v) is 7.95. The fourth-order valence-corrected chi connectivity index (χ4v) is 4.03. The van der Waals surface area contributed by atoms with Crippen molar-refractivity contribution in [1.82, 2.24) is 9.88 Å². The summed E-state index contributed by atoms with van der Waals surface area (Å²) in [6, 6.07) is 8.00. The van der Waals surface area contributed by atoms with Crippen LogP contribution < -0.4 is 4.74 Å². The number of carbonyl (C=O) groups is 1. The third kappa shape index (κ3) is 2.10. The lowest BCUT2D eigenvalue weighted by molar-refractivity contribution is -0.151. The molecule has 0 aliphatic carbocycles. The van der Waals surface area contributed by atoms with Gasteiger partial charge in [0.25, 0.3) is 0 Å². The summed E-state index contributed by atoms with van der Waals surface area (Å²) in [7, 11) is 3.13. The van der Waals surface area contributed by atoms with Crippen molar-refractivity contribution in [3.8, 4) is 5.75 Å². The topological polar surface area (TPSA) is 51.7 Å². The number of nitrogens with zero attached hydrogens (tertiary/aromatic N) is 2. The van der Waals surface area contributed by atoms with E-state index in [9.17, 15) is 4.79 Å². The van der Waals surface area contributed by atoms with E-state index in [-0.39, 0.29) is 5.97 Å². The van der Waals surface area contributed by atoms with E-state index in [1.54, 1.807) is 7.11 Å². The zero-order valence-electron chi connectivity index (χ0n) is 13.5. The molecule has 5 nitrogen and oxygen atoms in total. The molecule has 23 heavy (non-hydrogen) atoms. The number of hydrogen-bond acceptors (Lipinski definition) is 5. The molecule has 120 valence electrons. The second-order valence-corrected chi connectivity index (χ2v) is 6.44. The van der Waals surface area contributed by atoms with Crippen molar-refractivity contribution < 1.29 is 14.3 Å². The van der Waals surface area contributed by atoms with Crippen LogP contribution in [0.1, 0.15) is 24.1 Å². The minimum absolute atomic E-state index is 0.163. The van der Waals surface area contributed by atoms with E-state index >= 15 is 0 Å². The standard InChI is InChI=1S/C18H20N2O3/c1-22-14-4-5-15-12(9-14)8-13-10-20-7-3-6-18(11-20,16(13)19-15)17(21)23-2/h4-5,8-9H,3,6-7,10-11H2,1-2H3. The summed E-state index contributed by atoms with van der Waals surface area (Å²) in [5.41, 5.74) is 2.31.